The molecule has 0 aliphatic rings. The number of hydrogen-bond donors (Lipinski definition) is 0. The lowest BCUT2D eigenvalue weighted by molar-refractivity contribution is 0.0586. The van der Waals surface area contributed by atoms with Crippen LogP contribution in [-0.4, -0.2) is 40.3 Å². The summed E-state index contributed by atoms with van der Waals surface area (Å²) in [6.07, 6.45) is 0. The maximum Gasteiger partial charge on any atom is 0.354 e. The molecule has 33 heavy (non-hydrogen) atoms. The number of Topliss-reactive ketones (excluding diaryl/α,β-unsaturated/α-hetero) is 1. The number of ether oxygens (including phenoxy) is 1. The van der Waals surface area contributed by atoms with E-state index in [0.717, 1.165) is 0 Å². The Bertz CT molecular complexity index is 1170. The zero-order chi connectivity index (χ0) is 24.3. The minimum atomic E-state index is -0.819. The van der Waals surface area contributed by atoms with Gasteiger partial charge in [0.25, 0.3) is 5.91 Å². The van der Waals surface area contributed by atoms with Gasteiger partial charge < -0.3 is 14.2 Å². The van der Waals surface area contributed by atoms with Crippen LogP contribution in [0.25, 0.3) is 0 Å². The summed E-state index contributed by atoms with van der Waals surface area (Å²) in [4.78, 5) is 41.4. The van der Waals surface area contributed by atoms with Gasteiger partial charge in [-0.15, -0.1) is 11.3 Å². The van der Waals surface area contributed by atoms with Crippen LogP contribution in [0.1, 0.15) is 61.2 Å². The van der Waals surface area contributed by atoms with Crippen LogP contribution in [0.2, 0.25) is 0 Å². The Morgan fingerprint density at radius 2 is 1.82 bits per heavy atom. The Kier molecular flexibility index (Phi) is 7.48. The first-order chi connectivity index (χ1) is 15.7. The van der Waals surface area contributed by atoms with Crippen molar-refractivity contribution in [1.29, 1.82) is 0 Å². The molecule has 1 amide bonds. The van der Waals surface area contributed by atoms with Crippen molar-refractivity contribution < 1.29 is 23.5 Å². The van der Waals surface area contributed by atoms with Crippen molar-refractivity contribution in [3.8, 4) is 0 Å². The number of carbonyl (C=O) groups excluding carboxylic acids is 3. The third kappa shape index (κ3) is 4.75. The largest absolute Gasteiger partial charge is 0.464 e. The molecule has 1 atom stereocenters. The monoisotopic (exact) mass is 470 g/mol. The van der Waals surface area contributed by atoms with E-state index >= 15 is 0 Å². The molecule has 0 saturated heterocycles. The number of aromatic nitrogens is 1. The minimum absolute atomic E-state index is 0.139. The second-order valence-electron chi connectivity index (χ2n) is 7.75. The number of hydrogen-bond acceptors (Lipinski definition) is 5. The quantitative estimate of drug-likeness (QED) is 0.342. The van der Waals surface area contributed by atoms with Crippen molar-refractivity contribution in [3.05, 3.63) is 80.6 Å². The van der Waals surface area contributed by atoms with Gasteiger partial charge in [0.15, 0.2) is 5.78 Å². The van der Waals surface area contributed by atoms with Gasteiger partial charge in [-0.25, -0.2) is 9.18 Å². The molecule has 3 rings (SSSR count). The third-order valence-corrected chi connectivity index (χ3v) is 6.67. The van der Waals surface area contributed by atoms with Crippen LogP contribution in [0, 0.1) is 19.7 Å². The van der Waals surface area contributed by atoms with Crippen molar-refractivity contribution in [2.24, 2.45) is 0 Å². The second-order valence-corrected chi connectivity index (χ2v) is 8.69. The number of nitrogens with zero attached hydrogens (tertiary/aromatic N) is 2. The van der Waals surface area contributed by atoms with Crippen LogP contribution in [0.4, 0.5) is 4.39 Å². The normalized spacial score (nSPS) is 11.8. The summed E-state index contributed by atoms with van der Waals surface area (Å²) in [6.45, 7) is 7.70. The van der Waals surface area contributed by atoms with E-state index in [0.29, 0.717) is 39.5 Å². The molecule has 0 aliphatic carbocycles. The summed E-state index contributed by atoms with van der Waals surface area (Å²) in [5.41, 5.74) is 2.63. The molecular weight excluding hydrogens is 443 g/mol. The fraction of sp³-hybridized carbons (Fsp3) is 0.320. The van der Waals surface area contributed by atoms with E-state index in [4.69, 9.17) is 4.74 Å². The fourth-order valence-corrected chi connectivity index (χ4v) is 4.76. The van der Waals surface area contributed by atoms with Gasteiger partial charge in [-0.3, -0.25) is 9.59 Å². The highest BCUT2D eigenvalue weighted by molar-refractivity contribution is 7.12. The summed E-state index contributed by atoms with van der Waals surface area (Å²) in [7, 11) is 1.30. The van der Waals surface area contributed by atoms with Crippen LogP contribution in [0.15, 0.2) is 41.8 Å². The van der Waals surface area contributed by atoms with Gasteiger partial charge in [0, 0.05) is 24.3 Å². The topological polar surface area (TPSA) is 68.6 Å². The highest BCUT2D eigenvalue weighted by Crippen LogP contribution is 2.27. The number of methoxy groups -OCH3 is 1. The number of carbonyl (C=O) groups is 3. The molecule has 6 nitrogen and oxygen atoms in total. The van der Waals surface area contributed by atoms with E-state index in [1.54, 1.807) is 55.0 Å². The van der Waals surface area contributed by atoms with E-state index < -0.39 is 12.0 Å². The molecule has 2 heterocycles. The van der Waals surface area contributed by atoms with Crippen LogP contribution < -0.4 is 0 Å². The SMILES string of the molecule is CCn1c(C)c(C(=O)[C@@H](C)N(Cc2ccc(F)cc2)C(=O)c2cccs2)c(C)c1C(=O)OC. The fourth-order valence-electron chi connectivity index (χ4n) is 4.08. The molecule has 2 aromatic heterocycles. The standard InChI is InChI=1S/C25H27FN2O4S/c1-6-27-16(3)21(15(2)22(27)25(31)32-5)23(29)17(4)28(24(30)20-8-7-13-33-20)14-18-9-11-19(26)12-10-18/h7-13,17H,6,14H2,1-5H3/t17-/m1/s1. The minimum Gasteiger partial charge on any atom is -0.464 e. The van der Waals surface area contributed by atoms with Gasteiger partial charge in [-0.05, 0) is 62.4 Å². The molecule has 0 saturated carbocycles. The molecule has 0 unspecified atom stereocenters. The van der Waals surface area contributed by atoms with Gasteiger partial charge in [0.2, 0.25) is 0 Å². The van der Waals surface area contributed by atoms with Crippen LogP contribution in [-0.2, 0) is 17.8 Å². The molecule has 0 radical (unpaired) electrons. The molecule has 174 valence electrons. The molecule has 0 bridgehead atoms. The van der Waals surface area contributed by atoms with Crippen molar-refractivity contribution in [1.82, 2.24) is 9.47 Å². The van der Waals surface area contributed by atoms with Crippen molar-refractivity contribution >= 4 is 29.0 Å². The Morgan fingerprint density at radius 1 is 1.15 bits per heavy atom. The molecule has 0 spiro atoms. The Labute approximate surface area is 196 Å². The Balaban J connectivity index is 2.04. The van der Waals surface area contributed by atoms with Crippen LogP contribution >= 0.6 is 11.3 Å². The summed E-state index contributed by atoms with van der Waals surface area (Å²) in [5.74, 6) is -1.44. The smallest absolute Gasteiger partial charge is 0.354 e. The van der Waals surface area contributed by atoms with Crippen molar-refractivity contribution in [3.63, 3.8) is 0 Å². The highest BCUT2D eigenvalue weighted by atomic mass is 32.1. The first-order valence-corrected chi connectivity index (χ1v) is 11.5. The van der Waals surface area contributed by atoms with E-state index in [1.165, 1.54) is 35.5 Å². The average Bonchev–Trinajstić information content (AvgIpc) is 3.43. The lowest BCUT2D eigenvalue weighted by atomic mass is 9.99. The summed E-state index contributed by atoms with van der Waals surface area (Å²) in [5, 5.41) is 1.80. The predicted molar refractivity (Wildman–Crippen MR) is 125 cm³/mol. The molecule has 3 aromatic rings. The number of halogens is 1. The van der Waals surface area contributed by atoms with Gasteiger partial charge >= 0.3 is 5.97 Å². The number of amides is 1. The first kappa shape index (κ1) is 24.4. The van der Waals surface area contributed by atoms with Gasteiger partial charge in [-0.2, -0.15) is 0 Å². The van der Waals surface area contributed by atoms with E-state index in [-0.39, 0.29) is 24.1 Å². The highest BCUT2D eigenvalue weighted by Gasteiger charge is 2.33. The summed E-state index contributed by atoms with van der Waals surface area (Å²) < 4.78 is 20.1. The Hall–Kier alpha value is -3.26. The Morgan fingerprint density at radius 3 is 2.36 bits per heavy atom. The lowest BCUT2D eigenvalue weighted by Gasteiger charge is -2.28. The number of ketones is 1. The van der Waals surface area contributed by atoms with Gasteiger partial charge in [-0.1, -0.05) is 18.2 Å². The zero-order valence-electron chi connectivity index (χ0n) is 19.3. The maximum atomic E-state index is 13.7. The van der Waals surface area contributed by atoms with E-state index in [2.05, 4.69) is 0 Å². The molecule has 0 fully saturated rings. The second kappa shape index (κ2) is 10.1. The van der Waals surface area contributed by atoms with Crippen molar-refractivity contribution in [2.75, 3.05) is 7.11 Å². The molecule has 1 aromatic carbocycles. The van der Waals surface area contributed by atoms with E-state index in [9.17, 15) is 18.8 Å². The number of esters is 1. The van der Waals surface area contributed by atoms with E-state index in [1.807, 2.05) is 6.92 Å². The number of rotatable bonds is 8. The zero-order valence-corrected chi connectivity index (χ0v) is 20.2. The predicted octanol–water partition coefficient (Wildman–Crippen LogP) is 5.03. The molecule has 8 heteroatoms. The van der Waals surface area contributed by atoms with Gasteiger partial charge in [0.1, 0.15) is 11.5 Å². The average molecular weight is 471 g/mol. The number of thiophene rings is 1. The van der Waals surface area contributed by atoms with Crippen molar-refractivity contribution in [2.45, 2.75) is 46.8 Å². The molecule has 0 aliphatic heterocycles. The molecule has 0 N–H and O–H groups in total. The van der Waals surface area contributed by atoms with Gasteiger partial charge in [0.05, 0.1) is 18.0 Å². The van der Waals surface area contributed by atoms with Crippen LogP contribution in [0.3, 0.4) is 0 Å². The third-order valence-electron chi connectivity index (χ3n) is 5.81. The summed E-state index contributed by atoms with van der Waals surface area (Å²) in [6, 6.07) is 8.52. The maximum absolute atomic E-state index is 13.7. The van der Waals surface area contributed by atoms with Crippen LogP contribution in [0.5, 0.6) is 0 Å². The number of benzene rings is 1. The first-order valence-electron chi connectivity index (χ1n) is 10.6. The lowest BCUT2D eigenvalue weighted by Crippen LogP contribution is -2.43. The molecular formula is C25H27FN2O4S. The summed E-state index contributed by atoms with van der Waals surface area (Å²) >= 11 is 1.29.